The van der Waals surface area contributed by atoms with E-state index in [0.717, 1.165) is 54.7 Å². The number of nitrogens with zero attached hydrogens (tertiary/aromatic N) is 5. The van der Waals surface area contributed by atoms with Gasteiger partial charge in [-0.2, -0.15) is 15.0 Å². The number of aromatic nitrogens is 5. The average Bonchev–Trinajstić information content (AvgIpc) is 3.84. The zero-order valence-corrected chi connectivity index (χ0v) is 32.3. The van der Waals surface area contributed by atoms with Gasteiger partial charge in [-0.25, -0.2) is 0 Å². The standard InChI is InChI=1S/C55H33N5/c1-2-20-38-36(18-1)37-19-3-5-26-44(37)52-45-27-6-4-21-39(45)46(33-47(38)52)34-16-15-17-35(32-34)53-56-54(59-48-28-11-7-22-40(48)41-23-8-12-29-49(41)59)58-55(57-53)60-50-30-13-9-24-42(50)43-25-10-14-31-51(43)60/h1-33H. The van der Waals surface area contributed by atoms with E-state index in [1.807, 2.05) is 0 Å². The summed E-state index contributed by atoms with van der Waals surface area (Å²) in [6.07, 6.45) is 0. The minimum atomic E-state index is 0.564. The molecule has 60 heavy (non-hydrogen) atoms. The molecule has 278 valence electrons. The van der Waals surface area contributed by atoms with Crippen LogP contribution < -0.4 is 0 Å². The van der Waals surface area contributed by atoms with Crippen molar-refractivity contribution in [1.29, 1.82) is 0 Å². The molecule has 0 aliphatic heterocycles. The van der Waals surface area contributed by atoms with E-state index < -0.39 is 0 Å². The lowest BCUT2D eigenvalue weighted by atomic mass is 9.87. The van der Waals surface area contributed by atoms with Gasteiger partial charge in [0.15, 0.2) is 5.82 Å². The first-order valence-electron chi connectivity index (χ1n) is 20.4. The van der Waals surface area contributed by atoms with Gasteiger partial charge in [0, 0.05) is 27.1 Å². The number of benzene rings is 10. The third kappa shape index (κ3) is 4.71. The number of rotatable bonds is 4. The van der Waals surface area contributed by atoms with Gasteiger partial charge in [-0.3, -0.25) is 9.13 Å². The molecule has 0 amide bonds. The van der Waals surface area contributed by atoms with Crippen LogP contribution in [0.5, 0.6) is 0 Å². The van der Waals surface area contributed by atoms with Gasteiger partial charge in [-0.1, -0.05) is 164 Å². The Bertz CT molecular complexity index is 3670. The maximum Gasteiger partial charge on any atom is 0.240 e. The predicted molar refractivity (Wildman–Crippen MR) is 249 cm³/mol. The Kier molecular flexibility index (Phi) is 6.95. The second kappa shape index (κ2) is 12.7. The van der Waals surface area contributed by atoms with Crippen molar-refractivity contribution in [3.63, 3.8) is 0 Å². The van der Waals surface area contributed by atoms with Gasteiger partial charge in [0.25, 0.3) is 0 Å². The van der Waals surface area contributed by atoms with Crippen molar-refractivity contribution in [2.24, 2.45) is 0 Å². The summed E-state index contributed by atoms with van der Waals surface area (Å²) in [4.78, 5) is 16.1. The highest BCUT2D eigenvalue weighted by Crippen LogP contribution is 2.43. The third-order valence-corrected chi connectivity index (χ3v) is 12.4. The molecule has 0 spiro atoms. The zero-order valence-electron chi connectivity index (χ0n) is 32.3. The van der Waals surface area contributed by atoms with Crippen molar-refractivity contribution in [1.82, 2.24) is 24.1 Å². The molecule has 0 saturated carbocycles. The predicted octanol–water partition coefficient (Wildman–Crippen LogP) is 14.0. The van der Waals surface area contributed by atoms with Gasteiger partial charge in [-0.05, 0) is 90.6 Å². The molecule has 0 fully saturated rings. The lowest BCUT2D eigenvalue weighted by Crippen LogP contribution is -2.10. The highest BCUT2D eigenvalue weighted by Gasteiger charge is 2.21. The Balaban J connectivity index is 1.10. The fourth-order valence-corrected chi connectivity index (χ4v) is 9.79. The van der Waals surface area contributed by atoms with Gasteiger partial charge in [-0.15, -0.1) is 0 Å². The van der Waals surface area contributed by atoms with Gasteiger partial charge in [0.2, 0.25) is 11.9 Å². The van der Waals surface area contributed by atoms with Crippen LogP contribution in [0.3, 0.4) is 0 Å². The molecule has 0 radical (unpaired) electrons. The van der Waals surface area contributed by atoms with Gasteiger partial charge >= 0.3 is 0 Å². The van der Waals surface area contributed by atoms with E-state index >= 15 is 0 Å². The van der Waals surface area contributed by atoms with E-state index in [2.05, 4.69) is 209 Å². The summed E-state index contributed by atoms with van der Waals surface area (Å²) in [7, 11) is 0. The molecular weight excluding hydrogens is 731 g/mol. The average molecular weight is 764 g/mol. The van der Waals surface area contributed by atoms with Gasteiger partial charge in [0.05, 0.1) is 22.1 Å². The first-order valence-corrected chi connectivity index (χ1v) is 20.4. The SMILES string of the molecule is c1cc(-c2nc(-n3c4ccccc4c4ccccc43)nc(-n3c4ccccc4c4ccccc43)n2)cc(-c2cc3c4ccccc4c4ccccc4c3c3ccccc23)c1. The molecule has 10 aromatic carbocycles. The van der Waals surface area contributed by atoms with Crippen LogP contribution in [0.2, 0.25) is 0 Å². The first kappa shape index (κ1) is 32.9. The van der Waals surface area contributed by atoms with Crippen LogP contribution in [-0.4, -0.2) is 24.1 Å². The number of hydrogen-bond acceptors (Lipinski definition) is 3. The van der Waals surface area contributed by atoms with Crippen LogP contribution in [-0.2, 0) is 0 Å². The Morgan fingerprint density at radius 3 is 1.13 bits per heavy atom. The summed E-state index contributed by atoms with van der Waals surface area (Å²) in [5.74, 6) is 1.73. The molecule has 0 bridgehead atoms. The Labute approximate surface area is 344 Å². The summed E-state index contributed by atoms with van der Waals surface area (Å²) in [5, 5.41) is 14.6. The van der Waals surface area contributed by atoms with Gasteiger partial charge < -0.3 is 0 Å². The minimum absolute atomic E-state index is 0.564. The molecule has 0 atom stereocenters. The molecule has 0 unspecified atom stereocenters. The largest absolute Gasteiger partial charge is 0.278 e. The molecule has 3 aromatic heterocycles. The summed E-state index contributed by atoms with van der Waals surface area (Å²) in [6.45, 7) is 0. The Morgan fingerprint density at radius 2 is 0.633 bits per heavy atom. The number of hydrogen-bond donors (Lipinski definition) is 0. The highest BCUT2D eigenvalue weighted by molar-refractivity contribution is 6.33. The molecule has 0 saturated heterocycles. The fraction of sp³-hybridized carbons (Fsp3) is 0. The first-order chi connectivity index (χ1) is 29.8. The van der Waals surface area contributed by atoms with Crippen molar-refractivity contribution in [2.45, 2.75) is 0 Å². The molecule has 0 aliphatic carbocycles. The van der Waals surface area contributed by atoms with Crippen LogP contribution in [0, 0.1) is 0 Å². The van der Waals surface area contributed by atoms with Crippen molar-refractivity contribution in [3.8, 4) is 34.4 Å². The van der Waals surface area contributed by atoms with E-state index in [9.17, 15) is 0 Å². The van der Waals surface area contributed by atoms with Crippen LogP contribution in [0.15, 0.2) is 200 Å². The summed E-state index contributed by atoms with van der Waals surface area (Å²) in [5.41, 5.74) is 7.34. The Hall–Kier alpha value is -8.15. The molecule has 13 aromatic rings. The second-order valence-corrected chi connectivity index (χ2v) is 15.6. The molecule has 0 N–H and O–H groups in total. The normalized spacial score (nSPS) is 12.0. The lowest BCUT2D eigenvalue weighted by Gasteiger charge is -2.16. The van der Waals surface area contributed by atoms with E-state index in [0.29, 0.717) is 17.7 Å². The summed E-state index contributed by atoms with van der Waals surface area (Å²) >= 11 is 0. The molecule has 13 rings (SSSR count). The van der Waals surface area contributed by atoms with Crippen LogP contribution in [0.25, 0.3) is 121 Å². The molecule has 3 heterocycles. The van der Waals surface area contributed by atoms with Gasteiger partial charge in [0.1, 0.15) is 0 Å². The fourth-order valence-electron chi connectivity index (χ4n) is 9.79. The topological polar surface area (TPSA) is 48.5 Å². The number of fused-ring (bicyclic) bond motifs is 14. The second-order valence-electron chi connectivity index (χ2n) is 15.6. The maximum absolute atomic E-state index is 5.37. The summed E-state index contributed by atoms with van der Waals surface area (Å²) < 4.78 is 4.37. The smallest absolute Gasteiger partial charge is 0.240 e. The quantitative estimate of drug-likeness (QED) is 0.168. The maximum atomic E-state index is 5.37. The van der Waals surface area contributed by atoms with E-state index in [4.69, 9.17) is 15.0 Å². The lowest BCUT2D eigenvalue weighted by molar-refractivity contribution is 0.893. The van der Waals surface area contributed by atoms with Crippen LogP contribution in [0.4, 0.5) is 0 Å². The molecule has 5 heteroatoms. The van der Waals surface area contributed by atoms with Crippen molar-refractivity contribution in [3.05, 3.63) is 200 Å². The van der Waals surface area contributed by atoms with Crippen LogP contribution in [0.1, 0.15) is 0 Å². The highest BCUT2D eigenvalue weighted by atomic mass is 15.3. The molecule has 5 nitrogen and oxygen atoms in total. The molecule has 0 aliphatic rings. The zero-order chi connectivity index (χ0) is 39.3. The van der Waals surface area contributed by atoms with Crippen molar-refractivity contribution >= 4 is 86.7 Å². The Morgan fingerprint density at radius 1 is 0.267 bits per heavy atom. The number of para-hydroxylation sites is 4. The van der Waals surface area contributed by atoms with E-state index in [1.54, 1.807) is 0 Å². The minimum Gasteiger partial charge on any atom is -0.278 e. The van der Waals surface area contributed by atoms with E-state index in [-0.39, 0.29) is 0 Å². The monoisotopic (exact) mass is 763 g/mol. The van der Waals surface area contributed by atoms with E-state index in [1.165, 1.54) is 48.7 Å². The van der Waals surface area contributed by atoms with Crippen LogP contribution >= 0.6 is 0 Å². The third-order valence-electron chi connectivity index (χ3n) is 12.4. The molecular formula is C55H33N5. The van der Waals surface area contributed by atoms with Crippen molar-refractivity contribution in [2.75, 3.05) is 0 Å². The summed E-state index contributed by atoms with van der Waals surface area (Å²) in [6, 6.07) is 71.5. The van der Waals surface area contributed by atoms with Crippen molar-refractivity contribution < 1.29 is 0 Å².